The van der Waals surface area contributed by atoms with Crippen molar-refractivity contribution in [3.63, 3.8) is 0 Å². The van der Waals surface area contributed by atoms with E-state index >= 15 is 0 Å². The number of sulfone groups is 1. The van der Waals surface area contributed by atoms with Crippen LogP contribution >= 0.6 is 11.6 Å². The molecule has 0 atom stereocenters. The highest BCUT2D eigenvalue weighted by Crippen LogP contribution is 2.16. The zero-order valence-electron chi connectivity index (χ0n) is 13.4. The summed E-state index contributed by atoms with van der Waals surface area (Å²) in [5, 5.41) is 3.09. The summed E-state index contributed by atoms with van der Waals surface area (Å²) in [6.45, 7) is -0.336. The monoisotopic (exact) mass is 381 g/mol. The third-order valence-corrected chi connectivity index (χ3v) is 4.80. The predicted octanol–water partition coefficient (Wildman–Crippen LogP) is 2.22. The van der Waals surface area contributed by atoms with E-state index < -0.39 is 28.3 Å². The van der Waals surface area contributed by atoms with Gasteiger partial charge in [-0.1, -0.05) is 41.9 Å². The number of carbonyl (C=O) groups is 2. The van der Waals surface area contributed by atoms with Crippen molar-refractivity contribution in [2.75, 3.05) is 12.9 Å². The molecule has 2 aromatic carbocycles. The first kappa shape index (κ1) is 19.0. The number of ether oxygens (including phenoxy) is 1. The lowest BCUT2D eigenvalue weighted by Crippen LogP contribution is -2.28. The standard InChI is InChI=1S/C17H16ClNO5S/c1-25(22,23)15-9-5-3-7-13(15)17(21)24-11-16(20)19-10-12-6-2-4-8-14(12)18/h2-9H,10-11H2,1H3,(H,19,20). The fourth-order valence-electron chi connectivity index (χ4n) is 2.05. The van der Waals surface area contributed by atoms with Gasteiger partial charge in [0.25, 0.3) is 5.91 Å². The Labute approximate surface area is 150 Å². The summed E-state index contributed by atoms with van der Waals surface area (Å²) in [5.41, 5.74) is 0.621. The largest absolute Gasteiger partial charge is 0.452 e. The minimum Gasteiger partial charge on any atom is -0.452 e. The van der Waals surface area contributed by atoms with Gasteiger partial charge in [-0.05, 0) is 23.8 Å². The Balaban J connectivity index is 1.94. The Morgan fingerprint density at radius 3 is 2.40 bits per heavy atom. The number of amides is 1. The van der Waals surface area contributed by atoms with Gasteiger partial charge in [0.2, 0.25) is 0 Å². The number of halogens is 1. The van der Waals surface area contributed by atoms with E-state index in [4.69, 9.17) is 16.3 Å². The lowest BCUT2D eigenvalue weighted by molar-refractivity contribution is -0.124. The number of nitrogens with one attached hydrogen (secondary N) is 1. The SMILES string of the molecule is CS(=O)(=O)c1ccccc1C(=O)OCC(=O)NCc1ccccc1Cl. The molecule has 0 saturated heterocycles. The molecule has 2 aromatic rings. The fraction of sp³-hybridized carbons (Fsp3) is 0.176. The van der Waals surface area contributed by atoms with E-state index in [0.717, 1.165) is 11.8 Å². The highest BCUT2D eigenvalue weighted by atomic mass is 35.5. The van der Waals surface area contributed by atoms with Crippen LogP contribution in [0.4, 0.5) is 0 Å². The van der Waals surface area contributed by atoms with Gasteiger partial charge in [0, 0.05) is 17.8 Å². The fourth-order valence-corrected chi connectivity index (χ4v) is 3.13. The van der Waals surface area contributed by atoms with E-state index in [1.165, 1.54) is 24.3 Å². The van der Waals surface area contributed by atoms with Gasteiger partial charge < -0.3 is 10.1 Å². The molecule has 6 nitrogen and oxygen atoms in total. The minimum atomic E-state index is -3.58. The van der Waals surface area contributed by atoms with Gasteiger partial charge in [-0.3, -0.25) is 4.79 Å². The summed E-state index contributed by atoms with van der Waals surface area (Å²) in [6, 6.07) is 12.7. The van der Waals surface area contributed by atoms with E-state index in [2.05, 4.69) is 5.32 Å². The smallest absolute Gasteiger partial charge is 0.339 e. The molecule has 0 fully saturated rings. The Morgan fingerprint density at radius 1 is 1.08 bits per heavy atom. The van der Waals surface area contributed by atoms with Crippen molar-refractivity contribution in [1.29, 1.82) is 0 Å². The molecule has 1 N–H and O–H groups in total. The highest BCUT2D eigenvalue weighted by molar-refractivity contribution is 7.90. The molecule has 1 amide bonds. The van der Waals surface area contributed by atoms with E-state index in [9.17, 15) is 18.0 Å². The van der Waals surface area contributed by atoms with Crippen molar-refractivity contribution in [3.05, 3.63) is 64.7 Å². The van der Waals surface area contributed by atoms with Crippen LogP contribution in [0.2, 0.25) is 5.02 Å². The molecule has 0 aliphatic carbocycles. The summed E-state index contributed by atoms with van der Waals surface area (Å²) in [4.78, 5) is 23.7. The zero-order valence-corrected chi connectivity index (χ0v) is 14.9. The summed E-state index contributed by atoms with van der Waals surface area (Å²) in [7, 11) is -3.58. The van der Waals surface area contributed by atoms with Crippen LogP contribution in [0.15, 0.2) is 53.4 Å². The van der Waals surface area contributed by atoms with Crippen molar-refractivity contribution < 1.29 is 22.7 Å². The maximum atomic E-state index is 12.1. The first-order valence-electron chi connectivity index (χ1n) is 7.25. The van der Waals surface area contributed by atoms with E-state index in [1.54, 1.807) is 24.3 Å². The van der Waals surface area contributed by atoms with Crippen molar-refractivity contribution >= 4 is 33.3 Å². The van der Waals surface area contributed by atoms with Crippen LogP contribution in [-0.2, 0) is 25.9 Å². The maximum Gasteiger partial charge on any atom is 0.339 e. The highest BCUT2D eigenvalue weighted by Gasteiger charge is 2.20. The molecular weight excluding hydrogens is 366 g/mol. The predicted molar refractivity (Wildman–Crippen MR) is 93.1 cm³/mol. The van der Waals surface area contributed by atoms with Crippen molar-refractivity contribution in [1.82, 2.24) is 5.32 Å². The van der Waals surface area contributed by atoms with Gasteiger partial charge >= 0.3 is 5.97 Å². The average Bonchev–Trinajstić information content (AvgIpc) is 2.58. The molecule has 0 spiro atoms. The molecule has 0 aliphatic heterocycles. The third kappa shape index (κ3) is 5.30. The molecule has 0 aromatic heterocycles. The van der Waals surface area contributed by atoms with Crippen LogP contribution < -0.4 is 5.32 Å². The topological polar surface area (TPSA) is 89.5 Å². The van der Waals surface area contributed by atoms with Crippen molar-refractivity contribution in [2.45, 2.75) is 11.4 Å². The van der Waals surface area contributed by atoms with Crippen molar-refractivity contribution in [3.8, 4) is 0 Å². The van der Waals surface area contributed by atoms with Gasteiger partial charge in [-0.15, -0.1) is 0 Å². The molecule has 0 heterocycles. The second kappa shape index (κ2) is 8.13. The van der Waals surface area contributed by atoms with Crippen LogP contribution in [0.5, 0.6) is 0 Å². The maximum absolute atomic E-state index is 12.1. The first-order valence-corrected chi connectivity index (χ1v) is 9.52. The minimum absolute atomic E-state index is 0.107. The van der Waals surface area contributed by atoms with Gasteiger partial charge in [0.15, 0.2) is 16.4 Å². The molecule has 2 rings (SSSR count). The molecule has 0 radical (unpaired) electrons. The average molecular weight is 382 g/mol. The first-order chi connectivity index (χ1) is 11.8. The van der Waals surface area contributed by atoms with Gasteiger partial charge in [0.05, 0.1) is 10.5 Å². The van der Waals surface area contributed by atoms with Crippen LogP contribution in [0, 0.1) is 0 Å². The molecule has 25 heavy (non-hydrogen) atoms. The molecule has 0 bridgehead atoms. The van der Waals surface area contributed by atoms with Gasteiger partial charge in [0.1, 0.15) is 0 Å². The normalized spacial score (nSPS) is 11.0. The zero-order chi connectivity index (χ0) is 18.4. The molecular formula is C17H16ClNO5S. The number of esters is 1. The number of hydrogen-bond acceptors (Lipinski definition) is 5. The molecule has 8 heteroatoms. The third-order valence-electron chi connectivity index (χ3n) is 3.27. The Hall–Kier alpha value is -2.38. The van der Waals surface area contributed by atoms with Crippen LogP contribution in [0.1, 0.15) is 15.9 Å². The summed E-state index contributed by atoms with van der Waals surface area (Å²) in [5.74, 6) is -1.40. The Morgan fingerprint density at radius 2 is 1.72 bits per heavy atom. The van der Waals surface area contributed by atoms with Crippen molar-refractivity contribution in [2.24, 2.45) is 0 Å². The van der Waals surface area contributed by atoms with E-state index in [0.29, 0.717) is 5.02 Å². The molecule has 132 valence electrons. The number of carbonyl (C=O) groups excluding carboxylic acids is 2. The number of hydrogen-bond donors (Lipinski definition) is 1. The molecule has 0 saturated carbocycles. The van der Waals surface area contributed by atoms with Crippen LogP contribution in [0.25, 0.3) is 0 Å². The van der Waals surface area contributed by atoms with E-state index in [-0.39, 0.29) is 17.0 Å². The molecule has 0 unspecified atom stereocenters. The van der Waals surface area contributed by atoms with E-state index in [1.807, 2.05) is 0 Å². The quantitative estimate of drug-likeness (QED) is 0.775. The second-order valence-corrected chi connectivity index (χ2v) is 7.60. The Kier molecular flexibility index (Phi) is 6.17. The Bertz CT molecular complexity index is 895. The summed E-state index contributed by atoms with van der Waals surface area (Å²) in [6.07, 6.45) is 0.995. The lowest BCUT2D eigenvalue weighted by Gasteiger charge is -2.09. The van der Waals surface area contributed by atoms with Crippen LogP contribution in [0.3, 0.4) is 0 Å². The second-order valence-electron chi connectivity index (χ2n) is 5.21. The van der Waals surface area contributed by atoms with Crippen LogP contribution in [-0.4, -0.2) is 33.2 Å². The number of benzene rings is 2. The summed E-state index contributed by atoms with van der Waals surface area (Å²) >= 11 is 5.98. The lowest BCUT2D eigenvalue weighted by atomic mass is 10.2. The molecule has 0 aliphatic rings. The summed E-state index contributed by atoms with van der Waals surface area (Å²) < 4.78 is 28.3. The van der Waals surface area contributed by atoms with Gasteiger partial charge in [-0.2, -0.15) is 0 Å². The van der Waals surface area contributed by atoms with Gasteiger partial charge in [-0.25, -0.2) is 13.2 Å². The number of rotatable bonds is 6.